The molecule has 2 heterocycles. The van der Waals surface area contributed by atoms with Crippen molar-refractivity contribution in [2.45, 2.75) is 110 Å². The number of hydrogen-bond donors (Lipinski definition) is 0. The lowest BCUT2D eigenvalue weighted by Crippen LogP contribution is -2.66. The Labute approximate surface area is 250 Å². The van der Waals surface area contributed by atoms with E-state index in [1.54, 1.807) is 0 Å². The smallest absolute Gasteiger partial charge is 0.303 e. The maximum atomic E-state index is 15.5. The van der Waals surface area contributed by atoms with Gasteiger partial charge in [-0.2, -0.15) is 0 Å². The first-order chi connectivity index (χ1) is 20.5. The van der Waals surface area contributed by atoms with Gasteiger partial charge in [-0.3, -0.25) is 33.6 Å². The van der Waals surface area contributed by atoms with Crippen LogP contribution in [0.5, 0.6) is 0 Å². The predicted octanol–water partition coefficient (Wildman–Crippen LogP) is -0.424. The summed E-state index contributed by atoms with van der Waals surface area (Å²) in [5.74, 6) is -6.26. The molecule has 0 amide bonds. The van der Waals surface area contributed by atoms with E-state index in [9.17, 15) is 33.6 Å². The highest BCUT2D eigenvalue weighted by Crippen LogP contribution is 2.35. The minimum Gasteiger partial charge on any atom is -0.463 e. The van der Waals surface area contributed by atoms with Gasteiger partial charge >= 0.3 is 41.8 Å². The Hall–Kier alpha value is -3.90. The van der Waals surface area contributed by atoms with Crippen LogP contribution in [0.4, 0.5) is 4.39 Å². The molecule has 2 aliphatic heterocycles. The van der Waals surface area contributed by atoms with E-state index in [2.05, 4.69) is 0 Å². The molecule has 10 unspecified atom stereocenters. The third kappa shape index (κ3) is 10.7. The number of esters is 7. The van der Waals surface area contributed by atoms with Crippen molar-refractivity contribution in [3.8, 4) is 0 Å². The predicted molar refractivity (Wildman–Crippen MR) is 134 cm³/mol. The van der Waals surface area contributed by atoms with Crippen molar-refractivity contribution in [3.63, 3.8) is 0 Å². The van der Waals surface area contributed by atoms with Crippen LogP contribution in [0.15, 0.2) is 0 Å². The van der Waals surface area contributed by atoms with Crippen LogP contribution >= 0.6 is 0 Å². The van der Waals surface area contributed by atoms with Crippen molar-refractivity contribution >= 4 is 41.8 Å². The lowest BCUT2D eigenvalue weighted by molar-refractivity contribution is -0.374. The molecule has 0 aromatic rings. The van der Waals surface area contributed by atoms with E-state index >= 15 is 4.39 Å². The molecule has 17 nitrogen and oxygen atoms in total. The van der Waals surface area contributed by atoms with E-state index in [-0.39, 0.29) is 0 Å². The molecule has 0 N–H and O–H groups in total. The molecule has 0 aromatic heterocycles. The maximum Gasteiger partial charge on any atom is 0.303 e. The van der Waals surface area contributed by atoms with Crippen LogP contribution in [0.25, 0.3) is 0 Å². The summed E-state index contributed by atoms with van der Waals surface area (Å²) in [4.78, 5) is 83.0. The first kappa shape index (κ1) is 36.3. The van der Waals surface area contributed by atoms with E-state index in [1.165, 1.54) is 0 Å². The zero-order valence-corrected chi connectivity index (χ0v) is 25.0. The van der Waals surface area contributed by atoms with Crippen molar-refractivity contribution in [1.82, 2.24) is 0 Å². The van der Waals surface area contributed by atoms with Crippen LogP contribution in [0.3, 0.4) is 0 Å². The second-order valence-electron chi connectivity index (χ2n) is 9.64. The highest BCUT2D eigenvalue weighted by atomic mass is 19.1. The van der Waals surface area contributed by atoms with E-state index in [1.807, 2.05) is 0 Å². The fourth-order valence-electron chi connectivity index (χ4n) is 4.38. The molecule has 10 atom stereocenters. The minimum atomic E-state index is -2.21. The largest absolute Gasteiger partial charge is 0.463 e. The van der Waals surface area contributed by atoms with E-state index in [0.29, 0.717) is 0 Å². The molecule has 0 aliphatic carbocycles. The topological polar surface area (TPSA) is 212 Å². The molecule has 0 aromatic carbocycles. The summed E-state index contributed by atoms with van der Waals surface area (Å²) in [6, 6.07) is 0. The molecule has 2 saturated heterocycles. The lowest BCUT2D eigenvalue weighted by atomic mass is 9.97. The summed E-state index contributed by atoms with van der Waals surface area (Å²) in [7, 11) is 0. The molecule has 2 rings (SSSR count). The molecule has 0 saturated carbocycles. The maximum absolute atomic E-state index is 15.5. The standard InChI is InChI=1S/C26H35FO17/c1-10(28)35-8-17-19(27)21(38-13(4)31)23(40-15(6)33)25(42-17)44-26-24(41-16(7)34)22(39-14(5)32)20(37-12(3)30)18(43-26)9-36-11(2)29/h17-26H,8-9H2,1-7H3. The van der Waals surface area contributed by atoms with Gasteiger partial charge in [0.2, 0.25) is 12.6 Å². The normalized spacial score (nSPS) is 31.5. The molecular formula is C26H35FO17. The zero-order chi connectivity index (χ0) is 33.3. The summed E-state index contributed by atoms with van der Waals surface area (Å²) < 4.78 is 69.0. The van der Waals surface area contributed by atoms with Gasteiger partial charge in [-0.25, -0.2) is 4.39 Å². The SMILES string of the molecule is CC(=O)OCC1OC(OC2OC(COC(C)=O)C(OC(C)=O)C(OC(C)=O)C2OC(C)=O)C(OC(C)=O)C(OC(C)=O)C1F. The van der Waals surface area contributed by atoms with Crippen molar-refractivity contribution in [2.75, 3.05) is 13.2 Å². The number of alkyl halides is 1. The van der Waals surface area contributed by atoms with Gasteiger partial charge in [-0.1, -0.05) is 0 Å². The van der Waals surface area contributed by atoms with Crippen LogP contribution < -0.4 is 0 Å². The number of carbonyl (C=O) groups is 7. The Balaban J connectivity index is 2.61. The van der Waals surface area contributed by atoms with Crippen LogP contribution in [-0.4, -0.2) is 116 Å². The molecule has 0 radical (unpaired) electrons. The van der Waals surface area contributed by atoms with Crippen LogP contribution in [0, 0.1) is 0 Å². The summed E-state index contributed by atoms with van der Waals surface area (Å²) in [5, 5.41) is 0. The van der Waals surface area contributed by atoms with Crippen molar-refractivity contribution in [1.29, 1.82) is 0 Å². The fraction of sp³-hybridized carbons (Fsp3) is 0.731. The van der Waals surface area contributed by atoms with Gasteiger partial charge in [-0.05, 0) is 0 Å². The summed E-state index contributed by atoms with van der Waals surface area (Å²) in [6.07, 6.45) is -17.6. The Morgan fingerprint density at radius 3 is 1.25 bits per heavy atom. The molecule has 0 spiro atoms. The van der Waals surface area contributed by atoms with Gasteiger partial charge < -0.3 is 47.4 Å². The van der Waals surface area contributed by atoms with Crippen molar-refractivity contribution in [2.24, 2.45) is 0 Å². The average molecular weight is 639 g/mol. The molecule has 18 heteroatoms. The summed E-state index contributed by atoms with van der Waals surface area (Å²) >= 11 is 0. The molecule has 2 aliphatic rings. The van der Waals surface area contributed by atoms with Gasteiger partial charge in [0, 0.05) is 48.5 Å². The van der Waals surface area contributed by atoms with E-state index in [0.717, 1.165) is 48.5 Å². The Bertz CT molecular complexity index is 1090. The van der Waals surface area contributed by atoms with Gasteiger partial charge in [0.15, 0.2) is 36.7 Å². The highest BCUT2D eigenvalue weighted by molar-refractivity contribution is 5.69. The third-order valence-electron chi connectivity index (χ3n) is 5.84. The van der Waals surface area contributed by atoms with Gasteiger partial charge in [-0.15, -0.1) is 0 Å². The van der Waals surface area contributed by atoms with Gasteiger partial charge in [0.05, 0.1) is 0 Å². The minimum absolute atomic E-state index is 0.589. The number of carbonyl (C=O) groups excluding carboxylic acids is 7. The number of rotatable bonds is 11. The summed E-state index contributed by atoms with van der Waals surface area (Å²) in [5.41, 5.74) is 0. The first-order valence-electron chi connectivity index (χ1n) is 13.2. The van der Waals surface area contributed by atoms with Gasteiger partial charge in [0.25, 0.3) is 0 Å². The number of halogens is 1. The quantitative estimate of drug-likeness (QED) is 0.207. The fourth-order valence-corrected chi connectivity index (χ4v) is 4.38. The number of hydrogen-bond acceptors (Lipinski definition) is 17. The Morgan fingerprint density at radius 1 is 0.477 bits per heavy atom. The van der Waals surface area contributed by atoms with Crippen molar-refractivity contribution < 1.29 is 85.3 Å². The Morgan fingerprint density at radius 2 is 0.818 bits per heavy atom. The van der Waals surface area contributed by atoms with Crippen LogP contribution in [0.1, 0.15) is 48.5 Å². The molecule has 44 heavy (non-hydrogen) atoms. The Kier molecular flexibility index (Phi) is 13.4. The second kappa shape index (κ2) is 16.2. The molecule has 2 fully saturated rings. The van der Waals surface area contributed by atoms with E-state index in [4.69, 9.17) is 47.4 Å². The number of ether oxygens (including phenoxy) is 10. The molecular weight excluding hydrogens is 603 g/mol. The highest BCUT2D eigenvalue weighted by Gasteiger charge is 2.57. The van der Waals surface area contributed by atoms with Crippen LogP contribution in [-0.2, 0) is 80.9 Å². The third-order valence-corrected chi connectivity index (χ3v) is 5.84. The van der Waals surface area contributed by atoms with Gasteiger partial charge in [0.1, 0.15) is 25.4 Å². The molecule has 0 bridgehead atoms. The molecule has 248 valence electrons. The van der Waals surface area contributed by atoms with Crippen molar-refractivity contribution in [3.05, 3.63) is 0 Å². The lowest BCUT2D eigenvalue weighted by Gasteiger charge is -2.47. The zero-order valence-electron chi connectivity index (χ0n) is 25.0. The average Bonchev–Trinajstić information content (AvgIpc) is 2.87. The monoisotopic (exact) mass is 638 g/mol. The summed E-state index contributed by atoms with van der Waals surface area (Å²) in [6.45, 7) is 5.80. The van der Waals surface area contributed by atoms with Crippen LogP contribution in [0.2, 0.25) is 0 Å². The first-order valence-corrected chi connectivity index (χ1v) is 13.2. The second-order valence-corrected chi connectivity index (χ2v) is 9.64. The van der Waals surface area contributed by atoms with E-state index < -0.39 is 116 Å².